The van der Waals surface area contributed by atoms with Crippen LogP contribution in [0.5, 0.6) is 0 Å². The predicted molar refractivity (Wildman–Crippen MR) is 80.0 cm³/mol. The van der Waals surface area contributed by atoms with E-state index in [2.05, 4.69) is 0 Å². The van der Waals surface area contributed by atoms with Gasteiger partial charge in [0, 0.05) is 12.6 Å². The molecule has 2 rings (SSSR count). The summed E-state index contributed by atoms with van der Waals surface area (Å²) in [6.45, 7) is 3.98. The lowest BCUT2D eigenvalue weighted by Crippen LogP contribution is -2.33. The average Bonchev–Trinajstić information content (AvgIpc) is 2.75. The van der Waals surface area contributed by atoms with Crippen LogP contribution in [-0.4, -0.2) is 36.5 Å². The van der Waals surface area contributed by atoms with E-state index in [4.69, 9.17) is 4.84 Å². The Morgan fingerprint density at radius 3 is 2.65 bits per heavy atom. The van der Waals surface area contributed by atoms with Crippen LogP contribution in [0.15, 0.2) is 30.3 Å². The number of amides is 1. The monoisotopic (exact) mass is 295 g/mol. The van der Waals surface area contributed by atoms with Crippen LogP contribution < -0.4 is 0 Å². The highest BCUT2D eigenvalue weighted by Crippen LogP contribution is 2.38. The second kappa shape index (κ2) is 6.55. The highest BCUT2D eigenvalue weighted by Gasteiger charge is 2.32. The van der Waals surface area contributed by atoms with Crippen LogP contribution in [0, 0.1) is 0 Å². The Kier molecular flexibility index (Phi) is 5.00. The maximum atomic E-state index is 11.9. The maximum Gasteiger partial charge on any atom is 0.246 e. The van der Waals surface area contributed by atoms with Crippen LogP contribution in [0.3, 0.4) is 0 Å². The molecule has 0 aromatic heterocycles. The SMILES string of the molecule is CP(C)(=O)CCC1CCC(=O)N1OCc1ccccc1. The first-order chi connectivity index (χ1) is 9.46. The molecule has 1 atom stereocenters. The number of hydrogen-bond acceptors (Lipinski definition) is 3. The standard InChI is InChI=1S/C15H22NO3P/c1-20(2,18)11-10-14-8-9-15(17)16(14)19-12-13-6-4-3-5-7-13/h3-7,14H,8-12H2,1-2H3. The quantitative estimate of drug-likeness (QED) is 0.758. The highest BCUT2D eigenvalue weighted by atomic mass is 31.2. The third kappa shape index (κ3) is 4.46. The third-order valence-electron chi connectivity index (χ3n) is 3.48. The van der Waals surface area contributed by atoms with E-state index in [-0.39, 0.29) is 11.9 Å². The van der Waals surface area contributed by atoms with Gasteiger partial charge in [-0.05, 0) is 31.7 Å². The van der Waals surface area contributed by atoms with Crippen molar-refractivity contribution >= 4 is 13.0 Å². The largest absolute Gasteiger partial charge is 0.324 e. The second-order valence-corrected chi connectivity index (χ2v) is 9.35. The number of carbonyl (C=O) groups is 1. The summed E-state index contributed by atoms with van der Waals surface area (Å²) < 4.78 is 11.8. The zero-order chi connectivity index (χ0) is 14.6. The molecule has 4 nitrogen and oxygen atoms in total. The summed E-state index contributed by atoms with van der Waals surface area (Å²) in [5, 5.41) is 1.50. The van der Waals surface area contributed by atoms with Gasteiger partial charge in [0.2, 0.25) is 5.91 Å². The van der Waals surface area contributed by atoms with E-state index in [1.165, 1.54) is 5.06 Å². The lowest BCUT2D eigenvalue weighted by Gasteiger charge is -2.24. The number of rotatable bonds is 6. The Bertz CT molecular complexity index is 497. The lowest BCUT2D eigenvalue weighted by atomic mass is 10.2. The Labute approximate surface area is 120 Å². The number of hydroxylamine groups is 2. The minimum Gasteiger partial charge on any atom is -0.324 e. The summed E-state index contributed by atoms with van der Waals surface area (Å²) in [5.41, 5.74) is 1.04. The molecular weight excluding hydrogens is 273 g/mol. The zero-order valence-electron chi connectivity index (χ0n) is 12.1. The number of carbonyl (C=O) groups excluding carboxylic acids is 1. The van der Waals surface area contributed by atoms with Gasteiger partial charge in [0.05, 0.1) is 13.2 Å². The van der Waals surface area contributed by atoms with Gasteiger partial charge in [-0.25, -0.2) is 5.06 Å². The van der Waals surface area contributed by atoms with E-state index in [0.29, 0.717) is 19.2 Å². The van der Waals surface area contributed by atoms with E-state index in [1.807, 2.05) is 30.3 Å². The number of hydrogen-bond donors (Lipinski definition) is 0. The fourth-order valence-corrected chi connectivity index (χ4v) is 3.26. The molecule has 1 aliphatic heterocycles. The molecule has 1 aromatic rings. The van der Waals surface area contributed by atoms with Gasteiger partial charge >= 0.3 is 0 Å². The van der Waals surface area contributed by atoms with Crippen molar-refractivity contribution in [3.8, 4) is 0 Å². The molecule has 0 aliphatic carbocycles. The van der Waals surface area contributed by atoms with E-state index in [0.717, 1.165) is 18.4 Å². The maximum absolute atomic E-state index is 11.9. The second-order valence-electron chi connectivity index (χ2n) is 5.76. The van der Waals surface area contributed by atoms with Crippen LogP contribution in [-0.2, 0) is 20.8 Å². The smallest absolute Gasteiger partial charge is 0.246 e. The van der Waals surface area contributed by atoms with Gasteiger partial charge in [-0.1, -0.05) is 30.3 Å². The van der Waals surface area contributed by atoms with Crippen molar-refractivity contribution in [2.75, 3.05) is 19.5 Å². The third-order valence-corrected chi connectivity index (χ3v) is 4.82. The minimum absolute atomic E-state index is 0.0352. The van der Waals surface area contributed by atoms with Gasteiger partial charge in [0.25, 0.3) is 0 Å². The molecule has 1 saturated heterocycles. The fraction of sp³-hybridized carbons (Fsp3) is 0.533. The van der Waals surface area contributed by atoms with E-state index < -0.39 is 7.14 Å². The van der Waals surface area contributed by atoms with Crippen LogP contribution in [0.25, 0.3) is 0 Å². The first kappa shape index (κ1) is 15.3. The molecule has 1 aliphatic rings. The molecule has 0 saturated carbocycles. The molecule has 0 radical (unpaired) electrons. The van der Waals surface area contributed by atoms with Gasteiger partial charge < -0.3 is 4.57 Å². The molecule has 5 heteroatoms. The molecule has 110 valence electrons. The molecule has 1 heterocycles. The molecule has 0 spiro atoms. The van der Waals surface area contributed by atoms with Crippen LogP contribution in [0.4, 0.5) is 0 Å². The summed E-state index contributed by atoms with van der Waals surface area (Å²) in [6, 6.07) is 9.87. The van der Waals surface area contributed by atoms with E-state index in [1.54, 1.807) is 13.3 Å². The molecule has 1 fully saturated rings. The average molecular weight is 295 g/mol. The van der Waals surface area contributed by atoms with E-state index >= 15 is 0 Å². The fourth-order valence-electron chi connectivity index (χ4n) is 2.34. The van der Waals surface area contributed by atoms with Crippen molar-refractivity contribution in [2.45, 2.75) is 31.9 Å². The summed E-state index contributed by atoms with van der Waals surface area (Å²) in [4.78, 5) is 17.5. The molecular formula is C15H22NO3P. The Hall–Kier alpha value is -1.12. The molecule has 0 N–H and O–H groups in total. The lowest BCUT2D eigenvalue weighted by molar-refractivity contribution is -0.194. The minimum atomic E-state index is -2.03. The molecule has 1 amide bonds. The van der Waals surface area contributed by atoms with Gasteiger partial charge in [-0.15, -0.1) is 0 Å². The van der Waals surface area contributed by atoms with Crippen molar-refractivity contribution in [1.82, 2.24) is 5.06 Å². The molecule has 1 aromatic carbocycles. The Morgan fingerprint density at radius 1 is 1.30 bits per heavy atom. The number of nitrogens with zero attached hydrogens (tertiary/aromatic N) is 1. The summed E-state index contributed by atoms with van der Waals surface area (Å²) in [5.74, 6) is 0.0352. The predicted octanol–water partition coefficient (Wildman–Crippen LogP) is 3.12. The van der Waals surface area contributed by atoms with Crippen molar-refractivity contribution in [2.24, 2.45) is 0 Å². The Balaban J connectivity index is 1.90. The first-order valence-electron chi connectivity index (χ1n) is 6.98. The van der Waals surface area contributed by atoms with Gasteiger partial charge in [-0.3, -0.25) is 9.63 Å². The molecule has 1 unspecified atom stereocenters. The van der Waals surface area contributed by atoms with Crippen molar-refractivity contribution in [3.05, 3.63) is 35.9 Å². The van der Waals surface area contributed by atoms with Gasteiger partial charge in [0.15, 0.2) is 0 Å². The van der Waals surface area contributed by atoms with Crippen molar-refractivity contribution in [3.63, 3.8) is 0 Å². The highest BCUT2D eigenvalue weighted by molar-refractivity contribution is 7.62. The summed E-state index contributed by atoms with van der Waals surface area (Å²) in [6.07, 6.45) is 2.74. The normalized spacial score (nSPS) is 19.6. The van der Waals surface area contributed by atoms with Crippen LogP contribution in [0.1, 0.15) is 24.8 Å². The first-order valence-corrected chi connectivity index (χ1v) is 9.77. The molecule has 0 bridgehead atoms. The Morgan fingerprint density at radius 2 is 2.00 bits per heavy atom. The van der Waals surface area contributed by atoms with Crippen LogP contribution in [0.2, 0.25) is 0 Å². The molecule has 20 heavy (non-hydrogen) atoms. The zero-order valence-corrected chi connectivity index (χ0v) is 13.0. The summed E-state index contributed by atoms with van der Waals surface area (Å²) in [7, 11) is -2.03. The van der Waals surface area contributed by atoms with Crippen LogP contribution >= 0.6 is 7.14 Å². The van der Waals surface area contributed by atoms with Crippen molar-refractivity contribution < 1.29 is 14.2 Å². The number of benzene rings is 1. The van der Waals surface area contributed by atoms with Gasteiger partial charge in [0.1, 0.15) is 6.61 Å². The van der Waals surface area contributed by atoms with Crippen molar-refractivity contribution in [1.29, 1.82) is 0 Å². The summed E-state index contributed by atoms with van der Waals surface area (Å²) >= 11 is 0. The van der Waals surface area contributed by atoms with Gasteiger partial charge in [-0.2, -0.15) is 0 Å². The van der Waals surface area contributed by atoms with E-state index in [9.17, 15) is 9.36 Å². The topological polar surface area (TPSA) is 46.6 Å².